The van der Waals surface area contributed by atoms with Gasteiger partial charge in [0, 0.05) is 13.1 Å². The molecular formula is C16H20ClN3O2. The van der Waals surface area contributed by atoms with Crippen LogP contribution in [0.5, 0.6) is 0 Å². The zero-order valence-corrected chi connectivity index (χ0v) is 13.8. The Balaban J connectivity index is 2.09. The molecule has 0 bridgehead atoms. The van der Waals surface area contributed by atoms with E-state index in [1.165, 1.54) is 0 Å². The third-order valence-electron chi connectivity index (χ3n) is 3.22. The summed E-state index contributed by atoms with van der Waals surface area (Å²) in [6.07, 6.45) is 5.29. The van der Waals surface area contributed by atoms with Crippen LogP contribution in [0.4, 0.5) is 10.6 Å². The molecule has 1 aliphatic rings. The highest BCUT2D eigenvalue weighted by Gasteiger charge is 2.31. The van der Waals surface area contributed by atoms with Gasteiger partial charge in [0.05, 0.1) is 6.54 Å². The number of anilines is 1. The molecule has 0 aliphatic carbocycles. The van der Waals surface area contributed by atoms with Gasteiger partial charge in [0.25, 0.3) is 0 Å². The van der Waals surface area contributed by atoms with Crippen molar-refractivity contribution in [2.75, 3.05) is 24.5 Å². The number of carbonyl (C=O) groups is 1. The lowest BCUT2D eigenvalue weighted by molar-refractivity contribution is 0.0227. The third-order valence-corrected chi connectivity index (χ3v) is 3.43. The monoisotopic (exact) mass is 321 g/mol. The molecule has 1 aromatic rings. The number of aromatic nitrogens is 1. The normalized spacial score (nSPS) is 18.8. The molecule has 2 rings (SSSR count). The summed E-state index contributed by atoms with van der Waals surface area (Å²) < 4.78 is 5.39. The highest BCUT2D eigenvalue weighted by atomic mass is 35.5. The number of carbonyl (C=O) groups excluding carboxylic acids is 1. The number of ether oxygens (including phenoxy) is 1. The van der Waals surface area contributed by atoms with Gasteiger partial charge in [-0.15, -0.1) is 6.42 Å². The van der Waals surface area contributed by atoms with E-state index >= 15 is 0 Å². The summed E-state index contributed by atoms with van der Waals surface area (Å²) in [6, 6.07) is 5.15. The molecule has 1 atom stereocenters. The summed E-state index contributed by atoms with van der Waals surface area (Å²) in [6.45, 7) is 7.05. The van der Waals surface area contributed by atoms with Crippen LogP contribution in [0.15, 0.2) is 18.2 Å². The summed E-state index contributed by atoms with van der Waals surface area (Å²) in [5.41, 5.74) is -0.519. The molecular weight excluding hydrogens is 302 g/mol. The zero-order valence-electron chi connectivity index (χ0n) is 13.0. The van der Waals surface area contributed by atoms with Crippen LogP contribution in [0.25, 0.3) is 0 Å². The number of nitrogens with zero attached hydrogens (tertiary/aromatic N) is 3. The molecule has 0 spiro atoms. The number of terminal acetylenes is 1. The van der Waals surface area contributed by atoms with Gasteiger partial charge >= 0.3 is 6.09 Å². The fourth-order valence-corrected chi connectivity index (χ4v) is 2.41. The van der Waals surface area contributed by atoms with Crippen LogP contribution in [-0.2, 0) is 4.74 Å². The molecule has 0 aromatic carbocycles. The molecule has 5 nitrogen and oxygen atoms in total. The molecule has 1 fully saturated rings. The lowest BCUT2D eigenvalue weighted by atomic mass is 10.1. The summed E-state index contributed by atoms with van der Waals surface area (Å²) in [4.78, 5) is 20.1. The van der Waals surface area contributed by atoms with Gasteiger partial charge in [0.2, 0.25) is 0 Å². The lowest BCUT2D eigenvalue weighted by Gasteiger charge is -2.40. The smallest absolute Gasteiger partial charge is 0.410 e. The minimum Gasteiger partial charge on any atom is -0.444 e. The van der Waals surface area contributed by atoms with Crippen molar-refractivity contribution in [2.45, 2.75) is 32.4 Å². The molecule has 22 heavy (non-hydrogen) atoms. The Morgan fingerprint density at radius 3 is 2.77 bits per heavy atom. The third kappa shape index (κ3) is 4.05. The number of piperazine rings is 1. The van der Waals surface area contributed by atoms with Gasteiger partial charge in [0.1, 0.15) is 22.6 Å². The van der Waals surface area contributed by atoms with Crippen molar-refractivity contribution < 1.29 is 9.53 Å². The summed E-state index contributed by atoms with van der Waals surface area (Å²) in [7, 11) is 0. The maximum absolute atomic E-state index is 12.2. The Hall–Kier alpha value is -1.93. The van der Waals surface area contributed by atoms with Gasteiger partial charge in [-0.1, -0.05) is 23.6 Å². The van der Waals surface area contributed by atoms with E-state index in [9.17, 15) is 4.79 Å². The van der Waals surface area contributed by atoms with E-state index in [1.54, 1.807) is 11.0 Å². The molecule has 2 heterocycles. The first-order chi connectivity index (χ1) is 10.3. The Bertz CT molecular complexity index is 592. The molecule has 1 saturated heterocycles. The van der Waals surface area contributed by atoms with Crippen molar-refractivity contribution in [1.82, 2.24) is 9.88 Å². The molecule has 0 saturated carbocycles. The van der Waals surface area contributed by atoms with E-state index in [1.807, 2.05) is 37.8 Å². The van der Waals surface area contributed by atoms with Crippen molar-refractivity contribution in [2.24, 2.45) is 0 Å². The van der Waals surface area contributed by atoms with Crippen molar-refractivity contribution in [3.05, 3.63) is 23.4 Å². The highest BCUT2D eigenvalue weighted by Crippen LogP contribution is 2.21. The number of hydrogen-bond donors (Lipinski definition) is 0. The Labute approximate surface area is 136 Å². The quantitative estimate of drug-likeness (QED) is 0.589. The number of hydrogen-bond acceptors (Lipinski definition) is 4. The molecule has 0 radical (unpaired) electrons. The largest absolute Gasteiger partial charge is 0.444 e. The zero-order chi connectivity index (χ0) is 16.3. The minimum atomic E-state index is -0.519. The first-order valence-corrected chi connectivity index (χ1v) is 7.51. The number of rotatable bonds is 1. The predicted octanol–water partition coefficient (Wildman–Crippen LogP) is 2.79. The van der Waals surface area contributed by atoms with E-state index in [2.05, 4.69) is 10.9 Å². The van der Waals surface area contributed by atoms with E-state index in [4.69, 9.17) is 22.8 Å². The standard InChI is InChI=1S/C16H20ClN3O2/c1-5-12-11-19(15(21)22-16(2,3)4)9-10-20(12)14-8-6-7-13(17)18-14/h1,6-8,12H,9-11H2,2-4H3/t12-/m0/s1. The predicted molar refractivity (Wildman–Crippen MR) is 87.0 cm³/mol. The molecule has 1 aliphatic heterocycles. The Kier molecular flexibility index (Phi) is 4.82. The van der Waals surface area contributed by atoms with Crippen LogP contribution in [-0.4, -0.2) is 47.3 Å². The van der Waals surface area contributed by atoms with E-state index < -0.39 is 5.60 Å². The van der Waals surface area contributed by atoms with Gasteiger partial charge in [-0.3, -0.25) is 0 Å². The van der Waals surface area contributed by atoms with Crippen molar-refractivity contribution >= 4 is 23.5 Å². The van der Waals surface area contributed by atoms with Crippen LogP contribution in [0.3, 0.4) is 0 Å². The highest BCUT2D eigenvalue weighted by molar-refractivity contribution is 6.29. The molecule has 118 valence electrons. The molecule has 1 amide bonds. The fourth-order valence-electron chi connectivity index (χ4n) is 2.25. The minimum absolute atomic E-state index is 0.257. The van der Waals surface area contributed by atoms with Gasteiger partial charge in [-0.25, -0.2) is 9.78 Å². The van der Waals surface area contributed by atoms with Crippen LogP contribution in [0.2, 0.25) is 5.15 Å². The second-order valence-electron chi connectivity index (χ2n) is 6.12. The van der Waals surface area contributed by atoms with Gasteiger partial charge in [-0.2, -0.15) is 0 Å². The summed E-state index contributed by atoms with van der Waals surface area (Å²) in [5, 5.41) is 0.419. The van der Waals surface area contributed by atoms with Crippen molar-refractivity contribution in [3.63, 3.8) is 0 Å². The average molecular weight is 322 g/mol. The second kappa shape index (κ2) is 6.45. The number of pyridine rings is 1. The van der Waals surface area contributed by atoms with Crippen LogP contribution < -0.4 is 4.90 Å². The maximum Gasteiger partial charge on any atom is 0.410 e. The van der Waals surface area contributed by atoms with Crippen LogP contribution in [0.1, 0.15) is 20.8 Å². The van der Waals surface area contributed by atoms with Crippen molar-refractivity contribution in [3.8, 4) is 12.3 Å². The van der Waals surface area contributed by atoms with Gasteiger partial charge in [0.15, 0.2) is 0 Å². The lowest BCUT2D eigenvalue weighted by Crippen LogP contribution is -2.55. The number of amides is 1. The van der Waals surface area contributed by atoms with E-state index in [-0.39, 0.29) is 12.1 Å². The molecule has 0 N–H and O–H groups in total. The number of halogens is 1. The SMILES string of the molecule is C#C[C@H]1CN(C(=O)OC(C)(C)C)CCN1c1cccc(Cl)n1. The van der Waals surface area contributed by atoms with Crippen LogP contribution >= 0.6 is 11.6 Å². The van der Waals surface area contributed by atoms with Crippen LogP contribution in [0, 0.1) is 12.3 Å². The first kappa shape index (κ1) is 16.4. The molecule has 1 aromatic heterocycles. The van der Waals surface area contributed by atoms with Crippen molar-refractivity contribution in [1.29, 1.82) is 0 Å². The molecule has 0 unspecified atom stereocenters. The summed E-state index contributed by atoms with van der Waals surface area (Å²) in [5.74, 6) is 3.43. The Morgan fingerprint density at radius 1 is 1.45 bits per heavy atom. The summed E-state index contributed by atoms with van der Waals surface area (Å²) >= 11 is 5.93. The fraction of sp³-hybridized carbons (Fsp3) is 0.500. The maximum atomic E-state index is 12.2. The molecule has 6 heteroatoms. The Morgan fingerprint density at radius 2 is 2.18 bits per heavy atom. The topological polar surface area (TPSA) is 45.7 Å². The van der Waals surface area contributed by atoms with Gasteiger partial charge in [-0.05, 0) is 32.9 Å². The second-order valence-corrected chi connectivity index (χ2v) is 6.51. The van der Waals surface area contributed by atoms with Gasteiger partial charge < -0.3 is 14.5 Å². The first-order valence-electron chi connectivity index (χ1n) is 7.13. The van der Waals surface area contributed by atoms with E-state index in [0.29, 0.717) is 24.8 Å². The average Bonchev–Trinajstić information content (AvgIpc) is 2.44. The van der Waals surface area contributed by atoms with E-state index in [0.717, 1.165) is 5.82 Å².